The maximum absolute atomic E-state index is 13.2. The Morgan fingerprint density at radius 1 is 0.836 bits per heavy atom. The number of benzene rings is 2. The molecule has 1 saturated heterocycles. The van der Waals surface area contributed by atoms with Gasteiger partial charge < -0.3 is 42.7 Å². The number of rotatable bonds is 18. The van der Waals surface area contributed by atoms with Gasteiger partial charge in [-0.05, 0) is 79.7 Å². The van der Waals surface area contributed by atoms with Crippen LogP contribution >= 0.6 is 23.2 Å². The van der Waals surface area contributed by atoms with Crippen molar-refractivity contribution in [2.45, 2.75) is 30.2 Å². The fourth-order valence-corrected chi connectivity index (χ4v) is 8.25. The Morgan fingerprint density at radius 3 is 2.06 bits per heavy atom. The normalized spacial score (nSPS) is 13.1. The van der Waals surface area contributed by atoms with Gasteiger partial charge in [-0.25, -0.2) is 4.79 Å². The molecule has 356 valence electrons. The summed E-state index contributed by atoms with van der Waals surface area (Å²) in [7, 11) is -10.4. The van der Waals surface area contributed by atoms with E-state index >= 15 is 0 Å². The van der Waals surface area contributed by atoms with E-state index in [1.165, 1.54) is 13.8 Å². The molecule has 13 N–H and O–H groups in total. The van der Waals surface area contributed by atoms with E-state index in [9.17, 15) is 45.4 Å². The molecule has 0 saturated carbocycles. The molecule has 0 spiro atoms. The monoisotopic (exact) mass is 1010 g/mol. The van der Waals surface area contributed by atoms with Crippen molar-refractivity contribution in [2.75, 3.05) is 76.3 Å². The summed E-state index contributed by atoms with van der Waals surface area (Å²) in [6.45, 7) is 8.74. The fraction of sp³-hybridized carbons (Fsp3) is 0.257. The predicted octanol–water partition coefficient (Wildman–Crippen LogP) is 2.13. The number of aromatic nitrogens is 7. The molecular formula is C35H40Cl2N18O10S2. The lowest BCUT2D eigenvalue weighted by Crippen LogP contribution is -2.48. The minimum Gasteiger partial charge on any atom is -0.494 e. The van der Waals surface area contributed by atoms with E-state index in [1.54, 1.807) is 23.1 Å². The lowest BCUT2D eigenvalue weighted by molar-refractivity contribution is 0.0995. The number of anilines is 9. The Morgan fingerprint density at radius 2 is 1.45 bits per heavy atom. The van der Waals surface area contributed by atoms with Gasteiger partial charge in [0.15, 0.2) is 0 Å². The second-order valence-corrected chi connectivity index (χ2v) is 17.5. The Bertz CT molecular complexity index is 3070. The summed E-state index contributed by atoms with van der Waals surface area (Å²) in [6.07, 6.45) is 0. The van der Waals surface area contributed by atoms with Crippen LogP contribution in [0.25, 0.3) is 0 Å². The van der Waals surface area contributed by atoms with Crippen LogP contribution in [0.4, 0.5) is 62.7 Å². The first-order chi connectivity index (χ1) is 31.6. The summed E-state index contributed by atoms with van der Waals surface area (Å²) in [6, 6.07) is 5.27. The first-order valence-corrected chi connectivity index (χ1v) is 22.9. The van der Waals surface area contributed by atoms with Gasteiger partial charge in [-0.3, -0.25) is 44.0 Å². The summed E-state index contributed by atoms with van der Waals surface area (Å²) >= 11 is 12.4. The lowest BCUT2D eigenvalue weighted by atomic mass is 10.1. The van der Waals surface area contributed by atoms with Gasteiger partial charge in [0, 0.05) is 51.5 Å². The van der Waals surface area contributed by atoms with Crippen LogP contribution in [0.3, 0.4) is 0 Å². The number of amides is 3. The Labute approximate surface area is 389 Å². The van der Waals surface area contributed by atoms with Crippen LogP contribution in [0, 0.1) is 6.92 Å². The van der Waals surface area contributed by atoms with Crippen molar-refractivity contribution in [3.05, 3.63) is 62.4 Å². The Balaban J connectivity index is 1.14. The van der Waals surface area contributed by atoms with Crippen molar-refractivity contribution in [1.82, 2.24) is 39.4 Å². The van der Waals surface area contributed by atoms with Crippen LogP contribution < -0.4 is 54.0 Å². The molecule has 3 amide bonds. The number of urea groups is 1. The molecule has 0 unspecified atom stereocenters. The molecule has 0 radical (unpaired) electrons. The number of primary amides is 2. The number of hydrogen-bond donors (Lipinski definition) is 11. The topological polar surface area (TPSA) is 406 Å². The largest absolute Gasteiger partial charge is 0.494 e. The van der Waals surface area contributed by atoms with Crippen LogP contribution in [-0.4, -0.2) is 128 Å². The minimum atomic E-state index is -5.21. The maximum atomic E-state index is 13.2. The number of hydrazine groups is 1. The van der Waals surface area contributed by atoms with Gasteiger partial charge in [0.2, 0.25) is 40.2 Å². The molecule has 1 aliphatic rings. The van der Waals surface area contributed by atoms with E-state index in [0.29, 0.717) is 68.5 Å². The third-order valence-corrected chi connectivity index (χ3v) is 11.8. The van der Waals surface area contributed by atoms with Crippen molar-refractivity contribution < 1.29 is 40.6 Å². The second kappa shape index (κ2) is 20.1. The molecule has 3 aromatic heterocycles. The number of halogens is 2. The lowest BCUT2D eigenvalue weighted by Gasteiger charge is -2.34. The zero-order valence-corrected chi connectivity index (χ0v) is 38.1. The van der Waals surface area contributed by atoms with Crippen molar-refractivity contribution >= 4 is 120 Å². The summed E-state index contributed by atoms with van der Waals surface area (Å²) in [5, 5.41) is 21.1. The van der Waals surface area contributed by atoms with Crippen LogP contribution in [0.15, 0.2) is 49.9 Å². The quantitative estimate of drug-likeness (QED) is 0.0340. The summed E-state index contributed by atoms with van der Waals surface area (Å²) in [4.78, 5) is 67.5. The van der Waals surface area contributed by atoms with Gasteiger partial charge in [0.25, 0.3) is 31.7 Å². The smallest absolute Gasteiger partial charge is 0.316 e. The number of hydrogen-bond acceptors (Lipinski definition) is 22. The standard InChI is InChI=1S/C35H40Cl2N18O10S2/c1-4-55-27(57)24(26(38)56)16(2)25(28(55)58)52-51-21-15-22(66(60,61)62)20(14-23(21)67(63,64)65)44-34-47-30(37)48-35(50-34)54-11-9-53(10-12-54)8-7-41-32-45-29(36)46-33(49-32)42-17-5-6-18(40-3)19(13-17)43-31(39)59/h5-6,13-15,51-52,57H,3-4,7-12H2,1-2H3,(H2,38,56)(H3,39,43,59)(H,60,61,62)(H,63,64,65)(H,44,47,48,50)(H2,41,42,45,46,49). The summed E-state index contributed by atoms with van der Waals surface area (Å²) in [5.41, 5.74) is 13.3. The number of nitrogens with two attached hydrogens (primary N) is 2. The minimum absolute atomic E-state index is 0.0521. The number of aromatic hydroxyl groups is 1. The molecule has 6 rings (SSSR count). The molecule has 2 aromatic carbocycles. The van der Waals surface area contributed by atoms with E-state index in [4.69, 9.17) is 34.7 Å². The molecule has 0 bridgehead atoms. The van der Waals surface area contributed by atoms with Crippen LogP contribution in [-0.2, 0) is 26.8 Å². The highest BCUT2D eigenvalue weighted by Gasteiger charge is 2.28. The third kappa shape index (κ3) is 11.8. The predicted molar refractivity (Wildman–Crippen MR) is 247 cm³/mol. The van der Waals surface area contributed by atoms with E-state index < -0.39 is 76.0 Å². The molecule has 5 aromatic rings. The first kappa shape index (κ1) is 49.2. The van der Waals surface area contributed by atoms with Gasteiger partial charge in [-0.2, -0.15) is 46.7 Å². The Kier molecular flexibility index (Phi) is 14.8. The zero-order chi connectivity index (χ0) is 49.0. The number of pyridine rings is 1. The van der Waals surface area contributed by atoms with E-state index in [2.05, 4.69) is 78.6 Å². The maximum Gasteiger partial charge on any atom is 0.316 e. The van der Waals surface area contributed by atoms with Crippen molar-refractivity contribution in [1.29, 1.82) is 0 Å². The van der Waals surface area contributed by atoms with Gasteiger partial charge in [-0.15, -0.1) is 0 Å². The molecule has 1 aliphatic heterocycles. The number of aliphatic imine (C=N–C) groups is 1. The Hall–Kier alpha value is -7.22. The third-order valence-electron chi connectivity index (χ3n) is 9.71. The van der Waals surface area contributed by atoms with Crippen molar-refractivity contribution in [2.24, 2.45) is 16.5 Å². The SMILES string of the molecule is C=Nc1ccc(Nc2nc(Cl)nc(NCCN3CCN(c4nc(Cl)nc(Nc5cc(S(=O)(=O)O)c(NNc6c(C)c(C(N)=O)c(O)n(CC)c6=O)cc5S(=O)(=O)O)n4)CC3)n2)cc1NC(N)=O. The highest BCUT2D eigenvalue weighted by atomic mass is 35.5. The highest BCUT2D eigenvalue weighted by Crippen LogP contribution is 2.35. The van der Waals surface area contributed by atoms with Crippen LogP contribution in [0.2, 0.25) is 10.6 Å². The van der Waals surface area contributed by atoms with Crippen LogP contribution in [0.5, 0.6) is 5.88 Å². The number of nitrogens with one attached hydrogen (secondary N) is 6. The number of carbonyl (C=O) groups is 2. The van der Waals surface area contributed by atoms with Crippen molar-refractivity contribution in [3.8, 4) is 5.88 Å². The summed E-state index contributed by atoms with van der Waals surface area (Å²) < 4.78 is 71.9. The van der Waals surface area contributed by atoms with E-state index in [1.807, 2.05) is 0 Å². The number of nitrogens with zero attached hydrogens (tertiary/aromatic N) is 10. The zero-order valence-electron chi connectivity index (χ0n) is 34.9. The van der Waals surface area contributed by atoms with E-state index in [-0.39, 0.29) is 46.5 Å². The fourth-order valence-electron chi connectivity index (χ4n) is 6.62. The number of carbonyl (C=O) groups excluding carboxylic acids is 2. The summed E-state index contributed by atoms with van der Waals surface area (Å²) in [5.74, 6) is -1.88. The van der Waals surface area contributed by atoms with Gasteiger partial charge in [-0.1, -0.05) is 0 Å². The molecule has 28 nitrogen and oxygen atoms in total. The second-order valence-electron chi connectivity index (χ2n) is 14.0. The van der Waals surface area contributed by atoms with Crippen molar-refractivity contribution in [3.63, 3.8) is 0 Å². The van der Waals surface area contributed by atoms with E-state index in [0.717, 1.165) is 4.57 Å². The molecule has 0 aliphatic carbocycles. The molecule has 32 heteroatoms. The van der Waals surface area contributed by atoms with Gasteiger partial charge in [0.05, 0.1) is 22.7 Å². The highest BCUT2D eigenvalue weighted by molar-refractivity contribution is 7.86. The average Bonchev–Trinajstić information content (AvgIpc) is 3.23. The molecule has 1 fully saturated rings. The van der Waals surface area contributed by atoms with Gasteiger partial charge >= 0.3 is 6.03 Å². The molecule has 4 heterocycles. The molecular weight excluding hydrogens is 968 g/mol. The number of piperazine rings is 1. The molecule has 67 heavy (non-hydrogen) atoms. The molecule has 0 atom stereocenters. The van der Waals surface area contributed by atoms with Gasteiger partial charge in [0.1, 0.15) is 21.0 Å². The van der Waals surface area contributed by atoms with Crippen LogP contribution in [0.1, 0.15) is 22.8 Å². The average molecular weight is 1010 g/mol. The first-order valence-electron chi connectivity index (χ1n) is 19.2.